The van der Waals surface area contributed by atoms with Gasteiger partial charge in [0.25, 0.3) is 10.0 Å². The molecule has 0 heterocycles. The molecule has 2 aromatic rings. The molecule has 0 spiro atoms. The van der Waals surface area contributed by atoms with Gasteiger partial charge >= 0.3 is 0 Å². The van der Waals surface area contributed by atoms with Crippen LogP contribution >= 0.6 is 23.2 Å². The Kier molecular flexibility index (Phi) is 4.08. The summed E-state index contributed by atoms with van der Waals surface area (Å²) in [6.45, 7) is 0. The van der Waals surface area contributed by atoms with E-state index >= 15 is 0 Å². The van der Waals surface area contributed by atoms with E-state index in [4.69, 9.17) is 28.9 Å². The highest BCUT2D eigenvalue weighted by Crippen LogP contribution is 2.27. The molecule has 2 rings (SSSR count). The lowest BCUT2D eigenvalue weighted by Crippen LogP contribution is -2.15. The third-order valence-electron chi connectivity index (χ3n) is 2.43. The fourth-order valence-electron chi connectivity index (χ4n) is 1.53. The maximum absolute atomic E-state index is 12.9. The number of nitrogens with one attached hydrogen (secondary N) is 1. The molecule has 8 heteroatoms. The quantitative estimate of drug-likeness (QED) is 0.843. The van der Waals surface area contributed by atoms with Crippen LogP contribution in [0.3, 0.4) is 0 Å². The average molecular weight is 335 g/mol. The summed E-state index contributed by atoms with van der Waals surface area (Å²) in [5, 5.41) is 0.509. The first-order valence-electron chi connectivity index (χ1n) is 5.32. The van der Waals surface area contributed by atoms with E-state index in [9.17, 15) is 12.8 Å². The Morgan fingerprint density at radius 1 is 1.05 bits per heavy atom. The zero-order valence-corrected chi connectivity index (χ0v) is 12.2. The van der Waals surface area contributed by atoms with Gasteiger partial charge in [0.15, 0.2) is 0 Å². The van der Waals surface area contributed by atoms with Crippen molar-refractivity contribution in [3.63, 3.8) is 0 Å². The molecule has 0 aliphatic heterocycles. The van der Waals surface area contributed by atoms with E-state index in [1.807, 2.05) is 0 Å². The van der Waals surface area contributed by atoms with Crippen molar-refractivity contribution in [1.29, 1.82) is 0 Å². The van der Waals surface area contributed by atoms with Gasteiger partial charge in [-0.2, -0.15) is 0 Å². The highest BCUT2D eigenvalue weighted by molar-refractivity contribution is 7.92. The summed E-state index contributed by atoms with van der Waals surface area (Å²) in [6, 6.07) is 7.30. The number of halogens is 3. The third kappa shape index (κ3) is 3.15. The monoisotopic (exact) mass is 334 g/mol. The molecule has 0 aromatic heterocycles. The van der Waals surface area contributed by atoms with Crippen molar-refractivity contribution in [2.75, 3.05) is 10.5 Å². The highest BCUT2D eigenvalue weighted by atomic mass is 35.5. The molecule has 0 radical (unpaired) electrons. The fraction of sp³-hybridized carbons (Fsp3) is 0. The summed E-state index contributed by atoms with van der Waals surface area (Å²) in [5.74, 6) is -0.615. The van der Waals surface area contributed by atoms with E-state index < -0.39 is 15.8 Å². The van der Waals surface area contributed by atoms with Gasteiger partial charge in [-0.25, -0.2) is 12.8 Å². The molecule has 3 N–H and O–H groups in total. The van der Waals surface area contributed by atoms with Crippen LogP contribution in [0.25, 0.3) is 0 Å². The maximum Gasteiger partial charge on any atom is 0.263 e. The fourth-order valence-corrected chi connectivity index (χ4v) is 3.00. The smallest absolute Gasteiger partial charge is 0.263 e. The van der Waals surface area contributed by atoms with E-state index in [2.05, 4.69) is 4.72 Å². The molecule has 4 nitrogen and oxygen atoms in total. The Bertz CT molecular complexity index is 766. The van der Waals surface area contributed by atoms with Crippen molar-refractivity contribution >= 4 is 44.6 Å². The molecule has 0 bridgehead atoms. The van der Waals surface area contributed by atoms with Crippen LogP contribution in [0.4, 0.5) is 15.8 Å². The van der Waals surface area contributed by atoms with Crippen molar-refractivity contribution in [1.82, 2.24) is 0 Å². The summed E-state index contributed by atoms with van der Waals surface area (Å²) < 4.78 is 39.5. The molecule has 0 aliphatic carbocycles. The number of nitrogen functional groups attached to an aromatic ring is 1. The van der Waals surface area contributed by atoms with Crippen LogP contribution in [0, 0.1) is 5.82 Å². The number of sulfonamides is 1. The van der Waals surface area contributed by atoms with Gasteiger partial charge in [-0.1, -0.05) is 23.2 Å². The minimum absolute atomic E-state index is 0.183. The third-order valence-corrected chi connectivity index (χ3v) is 4.63. The van der Waals surface area contributed by atoms with Crippen LogP contribution in [0.1, 0.15) is 0 Å². The molecule has 0 saturated carbocycles. The second kappa shape index (κ2) is 5.47. The van der Waals surface area contributed by atoms with Crippen LogP contribution in [0.5, 0.6) is 0 Å². The second-order valence-electron chi connectivity index (χ2n) is 3.92. The van der Waals surface area contributed by atoms with Crippen molar-refractivity contribution in [3.8, 4) is 0 Å². The van der Waals surface area contributed by atoms with Gasteiger partial charge in [-0.05, 0) is 36.4 Å². The van der Waals surface area contributed by atoms with Gasteiger partial charge in [0.05, 0.1) is 21.4 Å². The topological polar surface area (TPSA) is 72.2 Å². The zero-order valence-electron chi connectivity index (χ0n) is 9.90. The van der Waals surface area contributed by atoms with Gasteiger partial charge in [0.1, 0.15) is 10.7 Å². The Labute approximate surface area is 125 Å². The minimum atomic E-state index is -3.93. The Morgan fingerprint density at radius 3 is 2.35 bits per heavy atom. The van der Waals surface area contributed by atoms with E-state index in [-0.39, 0.29) is 21.3 Å². The Morgan fingerprint density at radius 2 is 1.75 bits per heavy atom. The summed E-state index contributed by atoms with van der Waals surface area (Å²) in [6.07, 6.45) is 0. The van der Waals surface area contributed by atoms with E-state index in [1.54, 1.807) is 0 Å². The Hall–Kier alpha value is -1.50. The molecule has 106 valence electrons. The highest BCUT2D eigenvalue weighted by Gasteiger charge is 2.18. The molecule has 0 saturated heterocycles. The van der Waals surface area contributed by atoms with Crippen molar-refractivity contribution in [2.24, 2.45) is 0 Å². The standard InChI is InChI=1S/C12H9Cl2FN2O2S/c13-9-3-2-8(6-10(9)14)17-20(18,19)12-4-1-7(15)5-11(12)16/h1-6,17H,16H2. The number of hydrogen-bond donors (Lipinski definition) is 2. The van der Waals surface area contributed by atoms with Crippen LogP contribution in [-0.4, -0.2) is 8.42 Å². The van der Waals surface area contributed by atoms with Gasteiger partial charge in [-0.15, -0.1) is 0 Å². The summed E-state index contributed by atoms with van der Waals surface area (Å²) >= 11 is 11.5. The molecule has 0 amide bonds. The zero-order chi connectivity index (χ0) is 14.9. The van der Waals surface area contributed by atoms with Gasteiger partial charge in [-0.3, -0.25) is 4.72 Å². The predicted molar refractivity (Wildman–Crippen MR) is 78.1 cm³/mol. The molecule has 0 aliphatic rings. The van der Waals surface area contributed by atoms with E-state index in [0.29, 0.717) is 5.02 Å². The van der Waals surface area contributed by atoms with Gasteiger partial charge < -0.3 is 5.73 Å². The average Bonchev–Trinajstić information content (AvgIpc) is 2.33. The number of benzene rings is 2. The molecular formula is C12H9Cl2FN2O2S. The summed E-state index contributed by atoms with van der Waals surface area (Å²) in [4.78, 5) is -0.218. The molecule has 20 heavy (non-hydrogen) atoms. The Balaban J connectivity index is 2.38. The number of rotatable bonds is 3. The SMILES string of the molecule is Nc1cc(F)ccc1S(=O)(=O)Nc1ccc(Cl)c(Cl)c1. The normalized spacial score (nSPS) is 11.3. The lowest BCUT2D eigenvalue weighted by molar-refractivity contribution is 0.600. The van der Waals surface area contributed by atoms with Crippen molar-refractivity contribution in [2.45, 2.75) is 4.90 Å². The van der Waals surface area contributed by atoms with Crippen LogP contribution in [0.15, 0.2) is 41.3 Å². The van der Waals surface area contributed by atoms with E-state index in [0.717, 1.165) is 18.2 Å². The lowest BCUT2D eigenvalue weighted by atomic mass is 10.3. The number of anilines is 2. The maximum atomic E-state index is 12.9. The van der Waals surface area contributed by atoms with E-state index in [1.165, 1.54) is 18.2 Å². The first-order chi connectivity index (χ1) is 9.29. The minimum Gasteiger partial charge on any atom is -0.398 e. The number of hydrogen-bond acceptors (Lipinski definition) is 3. The van der Waals surface area contributed by atoms with Crippen LogP contribution in [-0.2, 0) is 10.0 Å². The lowest BCUT2D eigenvalue weighted by Gasteiger charge is -2.10. The molecule has 0 fully saturated rings. The largest absolute Gasteiger partial charge is 0.398 e. The second-order valence-corrected chi connectivity index (χ2v) is 6.38. The first-order valence-corrected chi connectivity index (χ1v) is 7.56. The molecular weight excluding hydrogens is 326 g/mol. The molecule has 2 aromatic carbocycles. The summed E-state index contributed by atoms with van der Waals surface area (Å²) in [7, 11) is -3.93. The van der Waals surface area contributed by atoms with Crippen LogP contribution in [0.2, 0.25) is 10.0 Å². The van der Waals surface area contributed by atoms with Crippen molar-refractivity contribution < 1.29 is 12.8 Å². The number of nitrogens with two attached hydrogens (primary N) is 1. The summed E-state index contributed by atoms with van der Waals surface area (Å²) in [5.41, 5.74) is 5.55. The van der Waals surface area contributed by atoms with Gasteiger partial charge in [0, 0.05) is 0 Å². The molecule has 0 unspecified atom stereocenters. The van der Waals surface area contributed by atoms with Crippen LogP contribution < -0.4 is 10.5 Å². The first kappa shape index (κ1) is 14.9. The van der Waals surface area contributed by atoms with Gasteiger partial charge in [0.2, 0.25) is 0 Å². The molecule has 0 atom stereocenters. The van der Waals surface area contributed by atoms with Crippen molar-refractivity contribution in [3.05, 3.63) is 52.3 Å². The predicted octanol–water partition coefficient (Wildman–Crippen LogP) is 3.52.